The van der Waals surface area contributed by atoms with Crippen molar-refractivity contribution in [2.75, 3.05) is 5.32 Å². The summed E-state index contributed by atoms with van der Waals surface area (Å²) in [6.45, 7) is 5.62. The van der Waals surface area contributed by atoms with Crippen molar-refractivity contribution < 1.29 is 9.21 Å². The van der Waals surface area contributed by atoms with E-state index in [9.17, 15) is 4.79 Å². The SMILES string of the molecule is Cc1cc(NC(=O)NC(C)c2ccc(C)o2)sn1. The predicted molar refractivity (Wildman–Crippen MR) is 70.9 cm³/mol. The second-order valence-electron chi connectivity index (χ2n) is 4.10. The van der Waals surface area contributed by atoms with E-state index >= 15 is 0 Å². The Balaban J connectivity index is 1.91. The second-order valence-corrected chi connectivity index (χ2v) is 4.91. The number of carbonyl (C=O) groups is 1. The lowest BCUT2D eigenvalue weighted by atomic mass is 10.2. The number of nitrogens with one attached hydrogen (secondary N) is 2. The molecule has 0 spiro atoms. The topological polar surface area (TPSA) is 67.2 Å². The van der Waals surface area contributed by atoms with E-state index in [1.807, 2.05) is 39.0 Å². The molecule has 2 N–H and O–H groups in total. The van der Waals surface area contributed by atoms with Crippen molar-refractivity contribution in [3.63, 3.8) is 0 Å². The van der Waals surface area contributed by atoms with Crippen LogP contribution in [0.3, 0.4) is 0 Å². The van der Waals surface area contributed by atoms with E-state index in [0.717, 1.165) is 22.2 Å². The summed E-state index contributed by atoms with van der Waals surface area (Å²) in [5.41, 5.74) is 0.894. The summed E-state index contributed by atoms with van der Waals surface area (Å²) >= 11 is 1.26. The van der Waals surface area contributed by atoms with Gasteiger partial charge in [0.05, 0.1) is 11.7 Å². The van der Waals surface area contributed by atoms with E-state index in [2.05, 4.69) is 15.0 Å². The lowest BCUT2D eigenvalue weighted by Crippen LogP contribution is -2.30. The Bertz CT molecular complexity index is 547. The first-order valence-electron chi connectivity index (χ1n) is 5.62. The Morgan fingerprint density at radius 3 is 2.78 bits per heavy atom. The van der Waals surface area contributed by atoms with Gasteiger partial charge < -0.3 is 9.73 Å². The predicted octanol–water partition coefficient (Wildman–Crippen LogP) is 3.24. The molecule has 0 fully saturated rings. The molecule has 5 nitrogen and oxygen atoms in total. The highest BCUT2D eigenvalue weighted by molar-refractivity contribution is 7.10. The summed E-state index contributed by atoms with van der Waals surface area (Å²) in [7, 11) is 0. The molecule has 2 aromatic heterocycles. The molecule has 0 aromatic carbocycles. The Kier molecular flexibility index (Phi) is 3.66. The zero-order chi connectivity index (χ0) is 13.1. The van der Waals surface area contributed by atoms with Crippen molar-refractivity contribution in [1.29, 1.82) is 0 Å². The molecule has 96 valence electrons. The second kappa shape index (κ2) is 5.22. The molecule has 0 aliphatic carbocycles. The van der Waals surface area contributed by atoms with Crippen LogP contribution in [-0.2, 0) is 0 Å². The van der Waals surface area contributed by atoms with Gasteiger partial charge >= 0.3 is 6.03 Å². The fraction of sp³-hybridized carbons (Fsp3) is 0.333. The van der Waals surface area contributed by atoms with E-state index in [4.69, 9.17) is 4.42 Å². The Hall–Kier alpha value is -1.82. The van der Waals surface area contributed by atoms with Gasteiger partial charge in [0.2, 0.25) is 0 Å². The number of furan rings is 1. The molecule has 2 amide bonds. The van der Waals surface area contributed by atoms with Crippen molar-refractivity contribution in [3.05, 3.63) is 35.4 Å². The van der Waals surface area contributed by atoms with Crippen LogP contribution in [0.2, 0.25) is 0 Å². The fourth-order valence-electron chi connectivity index (χ4n) is 1.52. The van der Waals surface area contributed by atoms with Gasteiger partial charge in [-0.3, -0.25) is 5.32 Å². The molecule has 18 heavy (non-hydrogen) atoms. The van der Waals surface area contributed by atoms with Crippen LogP contribution in [0.25, 0.3) is 0 Å². The minimum atomic E-state index is -0.264. The Labute approximate surface area is 109 Å². The average Bonchev–Trinajstić information content (AvgIpc) is 2.87. The van der Waals surface area contributed by atoms with Crippen molar-refractivity contribution in [2.45, 2.75) is 26.8 Å². The highest BCUT2D eigenvalue weighted by atomic mass is 32.1. The van der Waals surface area contributed by atoms with Gasteiger partial charge in [-0.25, -0.2) is 4.79 Å². The maximum atomic E-state index is 11.7. The van der Waals surface area contributed by atoms with Gasteiger partial charge in [0.1, 0.15) is 16.5 Å². The molecular formula is C12H15N3O2S. The van der Waals surface area contributed by atoms with Crippen LogP contribution in [-0.4, -0.2) is 10.4 Å². The monoisotopic (exact) mass is 265 g/mol. The van der Waals surface area contributed by atoms with Crippen molar-refractivity contribution in [1.82, 2.24) is 9.69 Å². The van der Waals surface area contributed by atoms with E-state index in [-0.39, 0.29) is 12.1 Å². The van der Waals surface area contributed by atoms with E-state index < -0.39 is 0 Å². The fourth-order valence-corrected chi connectivity index (χ4v) is 2.18. The number of anilines is 1. The summed E-state index contributed by atoms with van der Waals surface area (Å²) in [4.78, 5) is 11.7. The number of hydrogen-bond donors (Lipinski definition) is 2. The van der Waals surface area contributed by atoms with Gasteiger partial charge in [0.25, 0.3) is 0 Å². The molecule has 0 aliphatic heterocycles. The molecule has 0 bridgehead atoms. The molecule has 0 aliphatic rings. The van der Waals surface area contributed by atoms with Gasteiger partial charge in [-0.05, 0) is 50.5 Å². The number of aryl methyl sites for hydroxylation is 2. The summed E-state index contributed by atoms with van der Waals surface area (Å²) < 4.78 is 9.54. The summed E-state index contributed by atoms with van der Waals surface area (Å²) in [6, 6.07) is 5.12. The van der Waals surface area contributed by atoms with Crippen molar-refractivity contribution in [2.24, 2.45) is 0 Å². The maximum absolute atomic E-state index is 11.7. The molecule has 2 heterocycles. The first-order chi connectivity index (χ1) is 8.54. The van der Waals surface area contributed by atoms with Crippen LogP contribution < -0.4 is 10.6 Å². The molecule has 0 saturated carbocycles. The standard InChI is InChI=1S/C12H15N3O2S/c1-7-6-11(18-15-7)14-12(16)13-9(3)10-5-4-8(2)17-10/h4-6,9H,1-3H3,(H2,13,14,16). The third-order valence-corrected chi connectivity index (χ3v) is 3.20. The van der Waals surface area contributed by atoms with Gasteiger partial charge in [0, 0.05) is 0 Å². The molecule has 2 aromatic rings. The average molecular weight is 265 g/mol. The van der Waals surface area contributed by atoms with Gasteiger partial charge in [-0.2, -0.15) is 4.37 Å². The van der Waals surface area contributed by atoms with Crippen LogP contribution in [0.5, 0.6) is 0 Å². The van der Waals surface area contributed by atoms with Gasteiger partial charge in [-0.1, -0.05) is 0 Å². The lowest BCUT2D eigenvalue weighted by molar-refractivity contribution is 0.247. The zero-order valence-corrected chi connectivity index (χ0v) is 11.3. The lowest BCUT2D eigenvalue weighted by Gasteiger charge is -2.11. The van der Waals surface area contributed by atoms with E-state index in [1.165, 1.54) is 11.5 Å². The first kappa shape index (κ1) is 12.6. The molecule has 0 radical (unpaired) electrons. The summed E-state index contributed by atoms with van der Waals surface area (Å²) in [5, 5.41) is 6.27. The molecule has 2 rings (SSSR count). The molecule has 6 heteroatoms. The van der Waals surface area contributed by atoms with Crippen molar-refractivity contribution >= 4 is 22.6 Å². The van der Waals surface area contributed by atoms with Gasteiger partial charge in [0.15, 0.2) is 0 Å². The number of urea groups is 1. The van der Waals surface area contributed by atoms with Crippen LogP contribution in [0, 0.1) is 13.8 Å². The third kappa shape index (κ3) is 3.10. The highest BCUT2D eigenvalue weighted by Crippen LogP contribution is 2.17. The Morgan fingerprint density at radius 2 is 2.22 bits per heavy atom. The number of nitrogens with zero attached hydrogens (tertiary/aromatic N) is 1. The Morgan fingerprint density at radius 1 is 1.44 bits per heavy atom. The smallest absolute Gasteiger partial charge is 0.320 e. The normalized spacial score (nSPS) is 12.2. The van der Waals surface area contributed by atoms with Crippen LogP contribution >= 0.6 is 11.5 Å². The van der Waals surface area contributed by atoms with Crippen LogP contribution in [0.4, 0.5) is 9.80 Å². The van der Waals surface area contributed by atoms with Crippen LogP contribution in [0.15, 0.2) is 22.6 Å². The maximum Gasteiger partial charge on any atom is 0.320 e. The number of rotatable bonds is 3. The first-order valence-corrected chi connectivity index (χ1v) is 6.39. The summed E-state index contributed by atoms with van der Waals surface area (Å²) in [6.07, 6.45) is 0. The van der Waals surface area contributed by atoms with E-state index in [1.54, 1.807) is 0 Å². The highest BCUT2D eigenvalue weighted by Gasteiger charge is 2.13. The third-order valence-electron chi connectivity index (χ3n) is 2.40. The largest absolute Gasteiger partial charge is 0.464 e. The molecule has 0 saturated heterocycles. The molecule has 1 atom stereocenters. The van der Waals surface area contributed by atoms with E-state index in [0.29, 0.717) is 0 Å². The minimum Gasteiger partial charge on any atom is -0.464 e. The summed E-state index contributed by atoms with van der Waals surface area (Å²) in [5.74, 6) is 1.57. The minimum absolute atomic E-state index is 0.173. The number of amides is 2. The number of carbonyl (C=O) groups excluding carboxylic acids is 1. The van der Waals surface area contributed by atoms with Crippen molar-refractivity contribution in [3.8, 4) is 0 Å². The molecular weight excluding hydrogens is 250 g/mol. The number of hydrogen-bond acceptors (Lipinski definition) is 4. The van der Waals surface area contributed by atoms with Gasteiger partial charge in [-0.15, -0.1) is 0 Å². The number of aromatic nitrogens is 1. The zero-order valence-electron chi connectivity index (χ0n) is 10.5. The van der Waals surface area contributed by atoms with Crippen LogP contribution in [0.1, 0.15) is 30.2 Å². The quantitative estimate of drug-likeness (QED) is 0.895. The molecule has 1 unspecified atom stereocenters.